The second-order valence-corrected chi connectivity index (χ2v) is 8.05. The molecule has 9 heteroatoms. The molecule has 2 aliphatic rings. The van der Waals surface area contributed by atoms with E-state index >= 15 is 0 Å². The molecule has 0 amide bonds. The third-order valence-electron chi connectivity index (χ3n) is 3.71. The number of carboxylic acid groups (broad SMARTS) is 1. The number of nitrogens with zero attached hydrogens (tertiary/aromatic N) is 1. The molecule has 3 heterocycles. The predicted octanol–water partition coefficient (Wildman–Crippen LogP) is 0.974. The quantitative estimate of drug-likeness (QED) is 0.886. The first kappa shape index (κ1) is 14.9. The van der Waals surface area contributed by atoms with Crippen molar-refractivity contribution in [3.63, 3.8) is 0 Å². The fourth-order valence-electron chi connectivity index (χ4n) is 2.54. The summed E-state index contributed by atoms with van der Waals surface area (Å²) in [7, 11) is -3.64. The van der Waals surface area contributed by atoms with Crippen LogP contribution >= 0.6 is 11.3 Å². The molecule has 0 radical (unpaired) electrons. The molecular weight excluding hydrogens is 318 g/mol. The fraction of sp³-hybridized carbons (Fsp3) is 0.583. The SMILES string of the molecule is O=C(O)c1csc(S(=O)(=O)N2CCC3(CC2)OCCO3)c1. The molecule has 2 saturated heterocycles. The van der Waals surface area contributed by atoms with E-state index in [-0.39, 0.29) is 9.77 Å². The van der Waals surface area contributed by atoms with E-state index in [9.17, 15) is 13.2 Å². The first-order chi connectivity index (χ1) is 9.93. The van der Waals surface area contributed by atoms with E-state index < -0.39 is 21.8 Å². The first-order valence-electron chi connectivity index (χ1n) is 6.53. The Morgan fingerprint density at radius 3 is 2.43 bits per heavy atom. The van der Waals surface area contributed by atoms with Gasteiger partial charge in [0.1, 0.15) is 4.21 Å². The third-order valence-corrected chi connectivity index (χ3v) is 7.03. The average Bonchev–Trinajstić information content (AvgIpc) is 3.09. The largest absolute Gasteiger partial charge is 0.478 e. The summed E-state index contributed by atoms with van der Waals surface area (Å²) in [6.45, 7) is 1.70. The topological polar surface area (TPSA) is 93.1 Å². The Morgan fingerprint density at radius 1 is 1.29 bits per heavy atom. The molecule has 0 saturated carbocycles. The summed E-state index contributed by atoms with van der Waals surface area (Å²) in [5.41, 5.74) is -0.00508. The van der Waals surface area contributed by atoms with Crippen LogP contribution in [0.4, 0.5) is 0 Å². The summed E-state index contributed by atoms with van der Waals surface area (Å²) in [6.07, 6.45) is 0.979. The maximum absolute atomic E-state index is 12.5. The van der Waals surface area contributed by atoms with Crippen LogP contribution in [0, 0.1) is 0 Å². The molecule has 116 valence electrons. The standard InChI is InChI=1S/C12H15NO6S2/c14-11(15)9-7-10(20-8-9)21(16,17)13-3-1-12(2-4-13)18-5-6-19-12/h7-8H,1-6H2,(H,14,15). The summed E-state index contributed by atoms with van der Waals surface area (Å²) in [5.74, 6) is -1.76. The molecule has 3 rings (SSSR count). The van der Waals surface area contributed by atoms with E-state index in [1.165, 1.54) is 15.8 Å². The van der Waals surface area contributed by atoms with Gasteiger partial charge in [-0.25, -0.2) is 13.2 Å². The normalized spacial score (nSPS) is 22.7. The summed E-state index contributed by atoms with van der Waals surface area (Å²) < 4.78 is 37.5. The summed E-state index contributed by atoms with van der Waals surface area (Å²) in [4.78, 5) is 10.9. The van der Waals surface area contributed by atoms with Gasteiger partial charge in [0.25, 0.3) is 10.0 Å². The van der Waals surface area contributed by atoms with Gasteiger partial charge in [-0.2, -0.15) is 4.31 Å². The molecular formula is C12H15NO6S2. The predicted molar refractivity (Wildman–Crippen MR) is 73.9 cm³/mol. The highest BCUT2D eigenvalue weighted by Gasteiger charge is 2.42. The molecule has 0 bridgehead atoms. The van der Waals surface area contributed by atoms with Crippen molar-refractivity contribution in [3.05, 3.63) is 17.0 Å². The van der Waals surface area contributed by atoms with E-state index in [2.05, 4.69) is 0 Å². The van der Waals surface area contributed by atoms with Crippen molar-refractivity contribution < 1.29 is 27.8 Å². The molecule has 0 aliphatic carbocycles. The average molecular weight is 333 g/mol. The number of ether oxygens (including phenoxy) is 2. The highest BCUT2D eigenvalue weighted by Crippen LogP contribution is 2.34. The van der Waals surface area contributed by atoms with Crippen molar-refractivity contribution >= 4 is 27.3 Å². The molecule has 0 atom stereocenters. The van der Waals surface area contributed by atoms with Gasteiger partial charge >= 0.3 is 5.97 Å². The Balaban J connectivity index is 1.75. The molecule has 21 heavy (non-hydrogen) atoms. The highest BCUT2D eigenvalue weighted by molar-refractivity contribution is 7.91. The molecule has 2 aliphatic heterocycles. The van der Waals surface area contributed by atoms with E-state index in [1.807, 2.05) is 0 Å². The van der Waals surface area contributed by atoms with Gasteiger partial charge in [0.15, 0.2) is 5.79 Å². The van der Waals surface area contributed by atoms with Crippen LogP contribution in [-0.4, -0.2) is 55.9 Å². The van der Waals surface area contributed by atoms with Crippen molar-refractivity contribution in [3.8, 4) is 0 Å². The number of hydrogen-bond acceptors (Lipinski definition) is 6. The van der Waals surface area contributed by atoms with Gasteiger partial charge in [0.05, 0.1) is 18.8 Å². The van der Waals surface area contributed by atoms with Crippen molar-refractivity contribution in [2.45, 2.75) is 22.8 Å². The summed E-state index contributed by atoms with van der Waals surface area (Å²) in [5, 5.41) is 10.2. The van der Waals surface area contributed by atoms with E-state index in [1.54, 1.807) is 0 Å². The van der Waals surface area contributed by atoms with Gasteiger partial charge in [-0.1, -0.05) is 0 Å². The van der Waals surface area contributed by atoms with Gasteiger partial charge in [-0.15, -0.1) is 11.3 Å². The lowest BCUT2D eigenvalue weighted by Crippen LogP contribution is -2.47. The lowest BCUT2D eigenvalue weighted by atomic mass is 10.1. The summed E-state index contributed by atoms with van der Waals surface area (Å²) >= 11 is 0.929. The minimum absolute atomic E-state index is 0.00508. The van der Waals surface area contributed by atoms with E-state index in [0.717, 1.165) is 11.3 Å². The molecule has 1 aromatic heterocycles. The number of hydrogen-bond donors (Lipinski definition) is 1. The van der Waals surface area contributed by atoms with Crippen LogP contribution < -0.4 is 0 Å². The highest BCUT2D eigenvalue weighted by atomic mass is 32.2. The van der Waals surface area contributed by atoms with E-state index in [0.29, 0.717) is 39.1 Å². The van der Waals surface area contributed by atoms with Gasteiger partial charge in [-0.05, 0) is 6.07 Å². The Hall–Kier alpha value is -1.00. The maximum Gasteiger partial charge on any atom is 0.336 e. The van der Waals surface area contributed by atoms with E-state index in [4.69, 9.17) is 14.6 Å². The van der Waals surface area contributed by atoms with Crippen molar-refractivity contribution in [1.82, 2.24) is 4.31 Å². The lowest BCUT2D eigenvalue weighted by molar-refractivity contribution is -0.179. The number of rotatable bonds is 3. The zero-order valence-corrected chi connectivity index (χ0v) is 12.8. The monoisotopic (exact) mass is 333 g/mol. The number of thiophene rings is 1. The van der Waals surface area contributed by atoms with Crippen molar-refractivity contribution in [1.29, 1.82) is 0 Å². The summed E-state index contributed by atoms with van der Waals surface area (Å²) in [6, 6.07) is 1.20. The second-order valence-electron chi connectivity index (χ2n) is 4.97. The van der Waals surface area contributed by atoms with Crippen molar-refractivity contribution in [2.24, 2.45) is 0 Å². The minimum Gasteiger partial charge on any atom is -0.478 e. The van der Waals surface area contributed by atoms with Gasteiger partial charge in [0, 0.05) is 31.3 Å². The molecule has 0 aromatic carbocycles. The van der Waals surface area contributed by atoms with Crippen LogP contribution in [0.5, 0.6) is 0 Å². The van der Waals surface area contributed by atoms with Gasteiger partial charge in [0.2, 0.25) is 0 Å². The number of piperidine rings is 1. The maximum atomic E-state index is 12.5. The van der Waals surface area contributed by atoms with Crippen LogP contribution in [-0.2, 0) is 19.5 Å². The van der Waals surface area contributed by atoms with Crippen LogP contribution in [0.15, 0.2) is 15.7 Å². The van der Waals surface area contributed by atoms with Crippen molar-refractivity contribution in [2.75, 3.05) is 26.3 Å². The molecule has 1 spiro atoms. The Bertz CT molecular complexity index is 636. The lowest BCUT2D eigenvalue weighted by Gasteiger charge is -2.36. The molecule has 2 fully saturated rings. The Kier molecular flexibility index (Phi) is 3.78. The molecule has 1 aromatic rings. The number of sulfonamides is 1. The van der Waals surface area contributed by atoms with Crippen LogP contribution in [0.2, 0.25) is 0 Å². The molecule has 1 N–H and O–H groups in total. The molecule has 0 unspecified atom stereocenters. The number of carboxylic acids is 1. The Labute approximate surface area is 126 Å². The van der Waals surface area contributed by atoms with Crippen LogP contribution in [0.1, 0.15) is 23.2 Å². The van der Waals surface area contributed by atoms with Crippen LogP contribution in [0.25, 0.3) is 0 Å². The fourth-order valence-corrected chi connectivity index (χ4v) is 5.29. The van der Waals surface area contributed by atoms with Gasteiger partial charge < -0.3 is 14.6 Å². The molecule has 7 nitrogen and oxygen atoms in total. The first-order valence-corrected chi connectivity index (χ1v) is 8.85. The minimum atomic E-state index is -3.64. The van der Waals surface area contributed by atoms with Crippen LogP contribution in [0.3, 0.4) is 0 Å². The zero-order chi connectivity index (χ0) is 15.1. The Morgan fingerprint density at radius 2 is 1.90 bits per heavy atom. The number of aromatic carboxylic acids is 1. The zero-order valence-electron chi connectivity index (χ0n) is 11.1. The third kappa shape index (κ3) is 2.71. The van der Waals surface area contributed by atoms with Gasteiger partial charge in [-0.3, -0.25) is 0 Å². The smallest absolute Gasteiger partial charge is 0.336 e. The second kappa shape index (κ2) is 5.33. The number of carbonyl (C=O) groups is 1.